The normalized spacial score (nSPS) is 19.6. The summed E-state index contributed by atoms with van der Waals surface area (Å²) in [6.07, 6.45) is 8.23. The van der Waals surface area contributed by atoms with E-state index in [-0.39, 0.29) is 11.5 Å². The van der Waals surface area contributed by atoms with Crippen molar-refractivity contribution in [1.82, 2.24) is 15.1 Å². The SMILES string of the molecule is CCNC(c1c(Cl)cnn1CCOC)C1(C)CCCCC1. The lowest BCUT2D eigenvalue weighted by molar-refractivity contribution is 0.135. The van der Waals surface area contributed by atoms with E-state index >= 15 is 0 Å². The number of aromatic nitrogens is 2. The van der Waals surface area contributed by atoms with Crippen LogP contribution < -0.4 is 5.32 Å². The minimum Gasteiger partial charge on any atom is -0.383 e. The smallest absolute Gasteiger partial charge is 0.0834 e. The van der Waals surface area contributed by atoms with Crippen LogP contribution >= 0.6 is 11.6 Å². The molecule has 1 unspecified atom stereocenters. The predicted molar refractivity (Wildman–Crippen MR) is 86.7 cm³/mol. The van der Waals surface area contributed by atoms with Gasteiger partial charge in [0.25, 0.3) is 0 Å². The fourth-order valence-electron chi connectivity index (χ4n) is 3.54. The van der Waals surface area contributed by atoms with Gasteiger partial charge in [0.05, 0.1) is 36.1 Å². The van der Waals surface area contributed by atoms with Crippen LogP contribution in [0.1, 0.15) is 57.7 Å². The van der Waals surface area contributed by atoms with Gasteiger partial charge in [-0.1, -0.05) is 44.7 Å². The van der Waals surface area contributed by atoms with Gasteiger partial charge in [0.2, 0.25) is 0 Å². The number of hydrogen-bond donors (Lipinski definition) is 1. The van der Waals surface area contributed by atoms with Crippen LogP contribution in [-0.2, 0) is 11.3 Å². The standard InChI is InChI=1S/C16H28ClN3O/c1-4-18-15(16(2)8-6-5-7-9-16)14-13(17)12-19-20(14)10-11-21-3/h12,15,18H,4-11H2,1-3H3. The molecule has 0 bridgehead atoms. The van der Waals surface area contributed by atoms with Crippen molar-refractivity contribution in [3.8, 4) is 0 Å². The maximum absolute atomic E-state index is 6.47. The first kappa shape index (κ1) is 16.8. The molecule has 21 heavy (non-hydrogen) atoms. The van der Waals surface area contributed by atoms with Crippen LogP contribution in [0, 0.1) is 5.41 Å². The Kier molecular flexibility index (Phi) is 6.08. The van der Waals surface area contributed by atoms with Gasteiger partial charge in [-0.15, -0.1) is 0 Å². The summed E-state index contributed by atoms with van der Waals surface area (Å²) >= 11 is 6.47. The fourth-order valence-corrected chi connectivity index (χ4v) is 3.79. The first-order valence-electron chi connectivity index (χ1n) is 8.06. The molecule has 4 nitrogen and oxygen atoms in total. The molecule has 0 saturated heterocycles. The van der Waals surface area contributed by atoms with E-state index in [4.69, 9.17) is 16.3 Å². The Morgan fingerprint density at radius 1 is 1.43 bits per heavy atom. The molecule has 1 atom stereocenters. The molecule has 120 valence electrons. The molecule has 1 aromatic heterocycles. The third kappa shape index (κ3) is 3.79. The third-order valence-electron chi connectivity index (χ3n) is 4.71. The zero-order chi connectivity index (χ0) is 15.3. The molecule has 0 aliphatic heterocycles. The van der Waals surface area contributed by atoms with E-state index in [1.807, 2.05) is 4.68 Å². The average Bonchev–Trinajstić information content (AvgIpc) is 2.84. The summed E-state index contributed by atoms with van der Waals surface area (Å²) in [5.74, 6) is 0. The highest BCUT2D eigenvalue weighted by Gasteiger charge is 2.38. The number of rotatable bonds is 7. The first-order chi connectivity index (χ1) is 10.1. The minimum atomic E-state index is 0.253. The van der Waals surface area contributed by atoms with Crippen molar-refractivity contribution in [1.29, 1.82) is 0 Å². The van der Waals surface area contributed by atoms with Crippen LogP contribution in [0.25, 0.3) is 0 Å². The van der Waals surface area contributed by atoms with Crippen LogP contribution in [0.5, 0.6) is 0 Å². The first-order valence-corrected chi connectivity index (χ1v) is 8.43. The molecule has 0 spiro atoms. The molecule has 0 amide bonds. The average molecular weight is 314 g/mol. The molecular formula is C16H28ClN3O. The Labute approximate surface area is 133 Å². The van der Waals surface area contributed by atoms with Crippen molar-refractivity contribution in [3.05, 3.63) is 16.9 Å². The second-order valence-electron chi connectivity index (χ2n) is 6.30. The second kappa shape index (κ2) is 7.61. The van der Waals surface area contributed by atoms with Crippen LogP contribution in [0.3, 0.4) is 0 Å². The van der Waals surface area contributed by atoms with Crippen molar-refractivity contribution in [3.63, 3.8) is 0 Å². The summed E-state index contributed by atoms with van der Waals surface area (Å²) < 4.78 is 7.21. The molecule has 1 aliphatic rings. The van der Waals surface area contributed by atoms with Gasteiger partial charge >= 0.3 is 0 Å². The maximum atomic E-state index is 6.47. The Bertz CT molecular complexity index is 441. The molecule has 1 aromatic rings. The van der Waals surface area contributed by atoms with Crippen LogP contribution in [-0.4, -0.2) is 30.0 Å². The number of nitrogens with zero attached hydrogens (tertiary/aromatic N) is 2. The van der Waals surface area contributed by atoms with E-state index < -0.39 is 0 Å². The number of methoxy groups -OCH3 is 1. The van der Waals surface area contributed by atoms with Gasteiger partial charge in [0, 0.05) is 7.11 Å². The lowest BCUT2D eigenvalue weighted by Crippen LogP contribution is -2.39. The summed E-state index contributed by atoms with van der Waals surface area (Å²) in [5.41, 5.74) is 1.38. The van der Waals surface area contributed by atoms with Crippen LogP contribution in [0.2, 0.25) is 5.02 Å². The van der Waals surface area contributed by atoms with Gasteiger partial charge in [-0.3, -0.25) is 4.68 Å². The van der Waals surface area contributed by atoms with Gasteiger partial charge in [0.15, 0.2) is 0 Å². The van der Waals surface area contributed by atoms with E-state index in [1.54, 1.807) is 13.3 Å². The van der Waals surface area contributed by atoms with Crippen molar-refractivity contribution in [2.45, 2.75) is 58.5 Å². The number of hydrogen-bond acceptors (Lipinski definition) is 3. The summed E-state index contributed by atoms with van der Waals surface area (Å²) in [5, 5.41) is 8.88. The van der Waals surface area contributed by atoms with E-state index in [0.717, 1.165) is 23.8 Å². The maximum Gasteiger partial charge on any atom is 0.0834 e. The lowest BCUT2D eigenvalue weighted by Gasteiger charge is -2.41. The number of nitrogens with one attached hydrogen (secondary N) is 1. The second-order valence-corrected chi connectivity index (χ2v) is 6.71. The van der Waals surface area contributed by atoms with Crippen molar-refractivity contribution in [2.75, 3.05) is 20.3 Å². The van der Waals surface area contributed by atoms with E-state index in [0.29, 0.717) is 6.61 Å². The molecule has 2 rings (SSSR count). The Hall–Kier alpha value is -0.580. The lowest BCUT2D eigenvalue weighted by atomic mass is 9.69. The Morgan fingerprint density at radius 2 is 2.14 bits per heavy atom. The predicted octanol–water partition coefficient (Wildman–Crippen LogP) is 3.80. The Balaban J connectivity index is 2.30. The molecule has 1 fully saturated rings. The van der Waals surface area contributed by atoms with Gasteiger partial charge in [-0.25, -0.2) is 0 Å². The van der Waals surface area contributed by atoms with E-state index in [9.17, 15) is 0 Å². The largest absolute Gasteiger partial charge is 0.383 e. The summed E-state index contributed by atoms with van der Waals surface area (Å²) in [7, 11) is 1.72. The zero-order valence-electron chi connectivity index (χ0n) is 13.5. The van der Waals surface area contributed by atoms with E-state index in [2.05, 4.69) is 24.3 Å². The van der Waals surface area contributed by atoms with Gasteiger partial charge in [-0.05, 0) is 24.8 Å². The number of ether oxygens (including phenoxy) is 1. The van der Waals surface area contributed by atoms with Crippen LogP contribution in [0.4, 0.5) is 0 Å². The summed E-state index contributed by atoms with van der Waals surface area (Å²) in [6, 6.07) is 0.259. The van der Waals surface area contributed by atoms with Crippen molar-refractivity contribution < 1.29 is 4.74 Å². The molecule has 5 heteroatoms. The molecule has 1 N–H and O–H groups in total. The van der Waals surface area contributed by atoms with Gasteiger partial charge in [-0.2, -0.15) is 5.10 Å². The summed E-state index contributed by atoms with van der Waals surface area (Å²) in [4.78, 5) is 0. The molecule has 0 aromatic carbocycles. The van der Waals surface area contributed by atoms with Crippen LogP contribution in [0.15, 0.2) is 6.20 Å². The fraction of sp³-hybridized carbons (Fsp3) is 0.812. The van der Waals surface area contributed by atoms with Gasteiger partial charge < -0.3 is 10.1 Å². The Morgan fingerprint density at radius 3 is 2.76 bits per heavy atom. The third-order valence-corrected chi connectivity index (χ3v) is 5.01. The molecular weight excluding hydrogens is 286 g/mol. The quantitative estimate of drug-likeness (QED) is 0.832. The van der Waals surface area contributed by atoms with Gasteiger partial charge in [0.1, 0.15) is 0 Å². The minimum absolute atomic E-state index is 0.253. The monoisotopic (exact) mass is 313 g/mol. The van der Waals surface area contributed by atoms with Crippen molar-refractivity contribution in [2.24, 2.45) is 5.41 Å². The molecule has 1 aliphatic carbocycles. The van der Waals surface area contributed by atoms with E-state index in [1.165, 1.54) is 32.1 Å². The highest BCUT2D eigenvalue weighted by molar-refractivity contribution is 6.31. The number of halogens is 1. The molecule has 0 radical (unpaired) electrons. The molecule has 1 heterocycles. The highest BCUT2D eigenvalue weighted by atomic mass is 35.5. The molecule has 1 saturated carbocycles. The van der Waals surface area contributed by atoms with Crippen molar-refractivity contribution >= 4 is 11.6 Å². The topological polar surface area (TPSA) is 39.1 Å². The highest BCUT2D eigenvalue weighted by Crippen LogP contribution is 2.46. The zero-order valence-corrected chi connectivity index (χ0v) is 14.2. The summed E-state index contributed by atoms with van der Waals surface area (Å²) in [6.45, 7) is 6.88.